The van der Waals surface area contributed by atoms with Crippen LogP contribution in [0, 0.1) is 0 Å². The van der Waals surface area contributed by atoms with Gasteiger partial charge in [0.05, 0.1) is 0 Å². The molecule has 0 atom stereocenters. The molecular weight excluding hydrogens is 388 g/mol. The average molecular weight is 410 g/mol. The molecule has 4 aromatic rings. The van der Waals surface area contributed by atoms with Crippen LogP contribution in [0.1, 0.15) is 28.6 Å². The molecule has 1 N–H and O–H groups in total. The lowest BCUT2D eigenvalue weighted by molar-refractivity contribution is -0.114. The highest BCUT2D eigenvalue weighted by atomic mass is 16.3. The van der Waals surface area contributed by atoms with E-state index in [1.54, 1.807) is 0 Å². The lowest BCUT2D eigenvalue weighted by atomic mass is 10.0. The van der Waals surface area contributed by atoms with Crippen LogP contribution < -0.4 is 5.32 Å². The van der Waals surface area contributed by atoms with Crippen LogP contribution in [0.2, 0.25) is 0 Å². The van der Waals surface area contributed by atoms with Crippen LogP contribution >= 0.6 is 0 Å². The summed E-state index contributed by atoms with van der Waals surface area (Å²) >= 11 is 0. The first kappa shape index (κ1) is 19.1. The summed E-state index contributed by atoms with van der Waals surface area (Å²) in [5.41, 5.74) is 3.38. The van der Waals surface area contributed by atoms with Crippen molar-refractivity contribution in [2.45, 2.75) is 19.9 Å². The monoisotopic (exact) mass is 410 g/mol. The van der Waals surface area contributed by atoms with E-state index in [1.807, 2.05) is 77.7 Å². The van der Waals surface area contributed by atoms with E-state index in [4.69, 9.17) is 4.42 Å². The van der Waals surface area contributed by atoms with Gasteiger partial charge in [-0.05, 0) is 35.0 Å². The summed E-state index contributed by atoms with van der Waals surface area (Å²) in [7, 11) is 0. The first-order valence-electron chi connectivity index (χ1n) is 10.3. The number of furan rings is 1. The van der Waals surface area contributed by atoms with E-state index in [2.05, 4.69) is 5.32 Å². The number of hydrogen-bond donors (Lipinski definition) is 1. The molecule has 5 rings (SSSR count). The van der Waals surface area contributed by atoms with Gasteiger partial charge in [0.2, 0.25) is 5.91 Å². The van der Waals surface area contributed by atoms with Gasteiger partial charge in [-0.15, -0.1) is 0 Å². The van der Waals surface area contributed by atoms with Crippen molar-refractivity contribution in [2.75, 3.05) is 11.9 Å². The first-order chi connectivity index (χ1) is 15.1. The molecule has 5 nitrogen and oxygen atoms in total. The maximum absolute atomic E-state index is 13.3. The van der Waals surface area contributed by atoms with Gasteiger partial charge in [-0.3, -0.25) is 9.59 Å². The molecule has 0 aliphatic carbocycles. The van der Waals surface area contributed by atoms with Gasteiger partial charge < -0.3 is 14.6 Å². The van der Waals surface area contributed by atoms with E-state index in [0.29, 0.717) is 19.5 Å². The summed E-state index contributed by atoms with van der Waals surface area (Å²) in [6.07, 6.45) is 0.678. The zero-order valence-electron chi connectivity index (χ0n) is 17.2. The maximum Gasteiger partial charge on any atom is 0.254 e. The second kappa shape index (κ2) is 7.76. The molecule has 0 bridgehead atoms. The second-order valence-electron chi connectivity index (χ2n) is 7.82. The molecule has 0 unspecified atom stereocenters. The highest BCUT2D eigenvalue weighted by Crippen LogP contribution is 2.32. The van der Waals surface area contributed by atoms with E-state index in [-0.39, 0.29) is 11.8 Å². The first-order valence-corrected chi connectivity index (χ1v) is 10.3. The lowest BCUT2D eigenvalue weighted by Crippen LogP contribution is -2.35. The van der Waals surface area contributed by atoms with E-state index in [0.717, 1.165) is 44.7 Å². The van der Waals surface area contributed by atoms with Crippen LogP contribution in [0.25, 0.3) is 22.1 Å². The SMILES string of the molecule is CC(=O)Nc1cccc(-c2cc3c(o2)CCN(C(=O)c2cccc4ccccc24)C3)c1. The number of amides is 2. The van der Waals surface area contributed by atoms with Crippen molar-refractivity contribution >= 4 is 28.3 Å². The smallest absolute Gasteiger partial charge is 0.254 e. The summed E-state index contributed by atoms with van der Waals surface area (Å²) in [6, 6.07) is 23.4. The van der Waals surface area contributed by atoms with Gasteiger partial charge in [-0.2, -0.15) is 0 Å². The summed E-state index contributed by atoms with van der Waals surface area (Å²) < 4.78 is 6.11. The van der Waals surface area contributed by atoms with Gasteiger partial charge in [0, 0.05) is 48.8 Å². The van der Waals surface area contributed by atoms with Crippen molar-refractivity contribution in [3.8, 4) is 11.3 Å². The number of rotatable bonds is 3. The molecule has 31 heavy (non-hydrogen) atoms. The minimum absolute atomic E-state index is 0.0397. The Labute approximate surface area is 180 Å². The van der Waals surface area contributed by atoms with Crippen molar-refractivity contribution in [2.24, 2.45) is 0 Å². The van der Waals surface area contributed by atoms with Crippen molar-refractivity contribution in [1.82, 2.24) is 4.90 Å². The number of nitrogens with one attached hydrogen (secondary N) is 1. The molecule has 0 fully saturated rings. The van der Waals surface area contributed by atoms with Crippen LogP contribution in [0.3, 0.4) is 0 Å². The molecule has 0 saturated heterocycles. The number of fused-ring (bicyclic) bond motifs is 2. The van der Waals surface area contributed by atoms with Gasteiger partial charge in [0.15, 0.2) is 0 Å². The Kier molecular flexibility index (Phi) is 4.79. The topological polar surface area (TPSA) is 62.6 Å². The third kappa shape index (κ3) is 3.70. The fourth-order valence-electron chi connectivity index (χ4n) is 4.18. The zero-order valence-corrected chi connectivity index (χ0v) is 17.2. The minimum Gasteiger partial charge on any atom is -0.461 e. The number of carbonyl (C=O) groups is 2. The van der Waals surface area contributed by atoms with Crippen LogP contribution in [-0.2, 0) is 17.8 Å². The van der Waals surface area contributed by atoms with Crippen LogP contribution in [0.4, 0.5) is 5.69 Å². The van der Waals surface area contributed by atoms with Crippen molar-refractivity contribution in [3.63, 3.8) is 0 Å². The van der Waals surface area contributed by atoms with Gasteiger partial charge >= 0.3 is 0 Å². The van der Waals surface area contributed by atoms with E-state index in [1.165, 1.54) is 6.92 Å². The lowest BCUT2D eigenvalue weighted by Gasteiger charge is -2.26. The highest BCUT2D eigenvalue weighted by Gasteiger charge is 2.26. The summed E-state index contributed by atoms with van der Waals surface area (Å²) in [5, 5.41) is 4.84. The molecule has 2 heterocycles. The Morgan fingerprint density at radius 3 is 2.65 bits per heavy atom. The predicted molar refractivity (Wildman–Crippen MR) is 121 cm³/mol. The van der Waals surface area contributed by atoms with Gasteiger partial charge in [-0.25, -0.2) is 0 Å². The quantitative estimate of drug-likeness (QED) is 0.501. The van der Waals surface area contributed by atoms with Crippen molar-refractivity contribution in [3.05, 3.63) is 89.7 Å². The number of carbonyl (C=O) groups excluding carboxylic acids is 2. The second-order valence-corrected chi connectivity index (χ2v) is 7.82. The standard InChI is InChI=1S/C26H22N2O3/c1-17(29)27-21-9-4-8-19(14-21)25-15-20-16-28(13-12-24(20)31-25)26(30)23-11-5-7-18-6-2-3-10-22(18)23/h2-11,14-15H,12-13,16H2,1H3,(H,27,29). The molecule has 2 amide bonds. The van der Waals surface area contributed by atoms with Crippen molar-refractivity contribution in [1.29, 1.82) is 0 Å². The van der Waals surface area contributed by atoms with E-state index < -0.39 is 0 Å². The maximum atomic E-state index is 13.3. The Balaban J connectivity index is 1.41. The molecule has 0 spiro atoms. The molecule has 154 valence electrons. The number of nitrogens with zero attached hydrogens (tertiary/aromatic N) is 1. The minimum atomic E-state index is -0.113. The molecule has 1 aromatic heterocycles. The fourth-order valence-corrected chi connectivity index (χ4v) is 4.18. The molecule has 1 aliphatic heterocycles. The molecular formula is C26H22N2O3. The number of hydrogen-bond acceptors (Lipinski definition) is 3. The van der Waals surface area contributed by atoms with Crippen LogP contribution in [-0.4, -0.2) is 23.3 Å². The molecule has 1 aliphatic rings. The van der Waals surface area contributed by atoms with Crippen molar-refractivity contribution < 1.29 is 14.0 Å². The number of anilines is 1. The van der Waals surface area contributed by atoms with Crippen LogP contribution in [0.5, 0.6) is 0 Å². The molecule has 3 aromatic carbocycles. The van der Waals surface area contributed by atoms with Gasteiger partial charge in [-0.1, -0.05) is 48.5 Å². The average Bonchev–Trinajstić information content (AvgIpc) is 3.21. The zero-order chi connectivity index (χ0) is 21.4. The summed E-state index contributed by atoms with van der Waals surface area (Å²) in [5.74, 6) is 1.59. The fraction of sp³-hybridized carbons (Fsp3) is 0.154. The normalized spacial score (nSPS) is 13.1. The largest absolute Gasteiger partial charge is 0.461 e. The molecule has 5 heteroatoms. The van der Waals surface area contributed by atoms with Gasteiger partial charge in [0.1, 0.15) is 11.5 Å². The Morgan fingerprint density at radius 1 is 0.968 bits per heavy atom. The third-order valence-electron chi connectivity index (χ3n) is 5.64. The number of benzene rings is 3. The highest BCUT2D eigenvalue weighted by molar-refractivity contribution is 6.07. The summed E-state index contributed by atoms with van der Waals surface area (Å²) in [6.45, 7) is 2.63. The molecule has 0 saturated carbocycles. The van der Waals surface area contributed by atoms with E-state index >= 15 is 0 Å². The Hall–Kier alpha value is -3.86. The van der Waals surface area contributed by atoms with Crippen LogP contribution in [0.15, 0.2) is 77.2 Å². The van der Waals surface area contributed by atoms with Gasteiger partial charge in [0.25, 0.3) is 5.91 Å². The third-order valence-corrected chi connectivity index (χ3v) is 5.64. The Bertz CT molecular complexity index is 1300. The molecule has 0 radical (unpaired) electrons. The van der Waals surface area contributed by atoms with E-state index in [9.17, 15) is 9.59 Å². The predicted octanol–water partition coefficient (Wildman–Crippen LogP) is 5.26. The Morgan fingerprint density at radius 2 is 1.77 bits per heavy atom. The summed E-state index contributed by atoms with van der Waals surface area (Å²) in [4.78, 5) is 26.5.